The van der Waals surface area contributed by atoms with Crippen LogP contribution in [-0.2, 0) is 11.2 Å². The van der Waals surface area contributed by atoms with E-state index in [1.165, 1.54) is 12.1 Å². The van der Waals surface area contributed by atoms with E-state index in [2.05, 4.69) is 10.6 Å². The molecule has 2 aliphatic rings. The molecule has 0 bridgehead atoms. The third-order valence-corrected chi connectivity index (χ3v) is 5.08. The van der Waals surface area contributed by atoms with Gasteiger partial charge in [0, 0.05) is 12.2 Å². The van der Waals surface area contributed by atoms with Crippen LogP contribution in [0.2, 0.25) is 0 Å². The van der Waals surface area contributed by atoms with Crippen LogP contribution in [-0.4, -0.2) is 25.2 Å². The summed E-state index contributed by atoms with van der Waals surface area (Å²) >= 11 is 0. The van der Waals surface area contributed by atoms with Crippen LogP contribution >= 0.6 is 12.4 Å². The summed E-state index contributed by atoms with van der Waals surface area (Å²) in [6, 6.07) is 6.05. The topological polar surface area (TPSA) is 41.1 Å². The van der Waals surface area contributed by atoms with Gasteiger partial charge in [0.2, 0.25) is 5.91 Å². The van der Waals surface area contributed by atoms with Gasteiger partial charge in [-0.1, -0.05) is 25.0 Å². The fourth-order valence-corrected chi connectivity index (χ4v) is 3.94. The minimum atomic E-state index is -4.24. The highest BCUT2D eigenvalue weighted by Crippen LogP contribution is 2.44. The SMILES string of the molecule is Cl.O=C(Nc1cccc(CC(F)(F)F)c1)[C@@]12CCCC[C@H]1CNC2. The highest BCUT2D eigenvalue weighted by atomic mass is 35.5. The summed E-state index contributed by atoms with van der Waals surface area (Å²) in [7, 11) is 0. The zero-order chi connectivity index (χ0) is 16.5. The van der Waals surface area contributed by atoms with E-state index in [1.807, 2.05) is 0 Å². The Morgan fingerprint density at radius 2 is 2.12 bits per heavy atom. The molecule has 24 heavy (non-hydrogen) atoms. The number of alkyl halides is 3. The molecule has 3 nitrogen and oxygen atoms in total. The molecule has 1 aliphatic heterocycles. The van der Waals surface area contributed by atoms with Crippen molar-refractivity contribution in [3.63, 3.8) is 0 Å². The zero-order valence-corrected chi connectivity index (χ0v) is 14.1. The Morgan fingerprint density at radius 3 is 2.88 bits per heavy atom. The molecule has 1 aromatic rings. The van der Waals surface area contributed by atoms with Crippen LogP contribution in [0.25, 0.3) is 0 Å². The van der Waals surface area contributed by atoms with E-state index in [0.717, 1.165) is 32.2 Å². The minimum absolute atomic E-state index is 0. The third-order valence-electron chi connectivity index (χ3n) is 5.08. The molecule has 1 aliphatic carbocycles. The molecule has 0 unspecified atom stereocenters. The maximum Gasteiger partial charge on any atom is 0.393 e. The minimum Gasteiger partial charge on any atom is -0.326 e. The van der Waals surface area contributed by atoms with Crippen molar-refractivity contribution in [1.82, 2.24) is 5.32 Å². The first kappa shape index (κ1) is 19.1. The maximum atomic E-state index is 12.8. The van der Waals surface area contributed by atoms with Gasteiger partial charge in [-0.15, -0.1) is 12.4 Å². The molecule has 1 aromatic carbocycles. The number of halogens is 4. The number of rotatable bonds is 3. The van der Waals surface area contributed by atoms with Crippen molar-refractivity contribution in [2.75, 3.05) is 18.4 Å². The van der Waals surface area contributed by atoms with Gasteiger partial charge in [0.25, 0.3) is 0 Å². The summed E-state index contributed by atoms with van der Waals surface area (Å²) in [5.74, 6) is 0.269. The van der Waals surface area contributed by atoms with E-state index in [4.69, 9.17) is 0 Å². The summed E-state index contributed by atoms with van der Waals surface area (Å²) in [6.07, 6.45) is -1.17. The molecule has 2 atom stereocenters. The van der Waals surface area contributed by atoms with Crippen LogP contribution in [0.5, 0.6) is 0 Å². The molecule has 0 radical (unpaired) electrons. The average Bonchev–Trinajstić information content (AvgIpc) is 2.91. The van der Waals surface area contributed by atoms with E-state index in [9.17, 15) is 18.0 Å². The van der Waals surface area contributed by atoms with Crippen LogP contribution in [0.4, 0.5) is 18.9 Å². The van der Waals surface area contributed by atoms with Gasteiger partial charge in [0.05, 0.1) is 11.8 Å². The Bertz CT molecular complexity index is 593. The highest BCUT2D eigenvalue weighted by Gasteiger charge is 2.49. The van der Waals surface area contributed by atoms with Crippen LogP contribution < -0.4 is 10.6 Å². The van der Waals surface area contributed by atoms with Gasteiger partial charge in [-0.2, -0.15) is 13.2 Å². The van der Waals surface area contributed by atoms with Gasteiger partial charge in [-0.05, 0) is 43.0 Å². The first-order valence-electron chi connectivity index (χ1n) is 8.07. The van der Waals surface area contributed by atoms with Crippen LogP contribution in [0.3, 0.4) is 0 Å². The summed E-state index contributed by atoms with van der Waals surface area (Å²) in [5.41, 5.74) is 0.207. The van der Waals surface area contributed by atoms with E-state index >= 15 is 0 Å². The quantitative estimate of drug-likeness (QED) is 0.855. The fourth-order valence-electron chi connectivity index (χ4n) is 3.94. The Kier molecular flexibility index (Phi) is 5.81. The molecule has 3 rings (SSSR count). The number of anilines is 1. The van der Waals surface area contributed by atoms with E-state index < -0.39 is 18.0 Å². The van der Waals surface area contributed by atoms with Crippen molar-refractivity contribution in [3.8, 4) is 0 Å². The second-order valence-electron chi connectivity index (χ2n) is 6.68. The molecule has 2 fully saturated rings. The summed E-state index contributed by atoms with van der Waals surface area (Å²) in [4.78, 5) is 12.8. The number of fused-ring (bicyclic) bond motifs is 1. The number of nitrogens with one attached hydrogen (secondary N) is 2. The van der Waals surface area contributed by atoms with E-state index in [1.54, 1.807) is 12.1 Å². The number of carbonyl (C=O) groups excluding carboxylic acids is 1. The van der Waals surface area contributed by atoms with Gasteiger partial charge in [-0.3, -0.25) is 4.79 Å². The lowest BCUT2D eigenvalue weighted by atomic mass is 9.67. The maximum absolute atomic E-state index is 12.8. The molecule has 7 heteroatoms. The second kappa shape index (κ2) is 7.31. The van der Waals surface area contributed by atoms with Gasteiger partial charge in [0.15, 0.2) is 0 Å². The molecule has 0 aromatic heterocycles. The van der Waals surface area contributed by atoms with Crippen molar-refractivity contribution < 1.29 is 18.0 Å². The first-order valence-corrected chi connectivity index (χ1v) is 8.07. The zero-order valence-electron chi connectivity index (χ0n) is 13.3. The number of hydrogen-bond acceptors (Lipinski definition) is 2. The summed E-state index contributed by atoms with van der Waals surface area (Å²) in [6.45, 7) is 1.51. The van der Waals surface area contributed by atoms with Gasteiger partial charge < -0.3 is 10.6 Å². The Balaban J connectivity index is 0.00000208. The van der Waals surface area contributed by atoms with Gasteiger partial charge >= 0.3 is 6.18 Å². The van der Waals surface area contributed by atoms with Crippen molar-refractivity contribution in [1.29, 1.82) is 0 Å². The highest BCUT2D eigenvalue weighted by molar-refractivity contribution is 5.96. The van der Waals surface area contributed by atoms with Crippen LogP contribution in [0, 0.1) is 11.3 Å². The number of amides is 1. The van der Waals surface area contributed by atoms with Gasteiger partial charge in [-0.25, -0.2) is 0 Å². The van der Waals surface area contributed by atoms with Crippen LogP contribution in [0.15, 0.2) is 24.3 Å². The molecule has 0 spiro atoms. The molecule has 1 heterocycles. The monoisotopic (exact) mass is 362 g/mol. The molecule has 1 saturated carbocycles. The third kappa shape index (κ3) is 4.03. The molecular weight excluding hydrogens is 341 g/mol. The van der Waals surface area contributed by atoms with Crippen molar-refractivity contribution >= 4 is 24.0 Å². The van der Waals surface area contributed by atoms with Gasteiger partial charge in [0.1, 0.15) is 0 Å². The number of hydrogen-bond donors (Lipinski definition) is 2. The van der Waals surface area contributed by atoms with Crippen molar-refractivity contribution in [2.45, 2.75) is 38.3 Å². The first-order chi connectivity index (χ1) is 10.9. The van der Waals surface area contributed by atoms with Crippen molar-refractivity contribution in [3.05, 3.63) is 29.8 Å². The Hall–Kier alpha value is -1.27. The van der Waals surface area contributed by atoms with E-state index in [-0.39, 0.29) is 23.9 Å². The Labute approximate surface area is 145 Å². The predicted molar refractivity (Wildman–Crippen MR) is 89.3 cm³/mol. The molecule has 1 amide bonds. The molecule has 1 saturated heterocycles. The lowest BCUT2D eigenvalue weighted by molar-refractivity contribution is -0.128. The number of benzene rings is 1. The summed E-state index contributed by atoms with van der Waals surface area (Å²) in [5, 5.41) is 6.16. The van der Waals surface area contributed by atoms with E-state index in [0.29, 0.717) is 18.2 Å². The standard InChI is InChI=1S/C17H21F3N2O.ClH/c18-17(19,20)9-12-4-3-6-14(8-12)22-15(23)16-7-2-1-5-13(16)10-21-11-16;/h3-4,6,8,13,21H,1-2,5,7,9-11H2,(H,22,23);1H/t13-,16+;/m0./s1. The fraction of sp³-hybridized carbons (Fsp3) is 0.588. The van der Waals surface area contributed by atoms with Crippen molar-refractivity contribution in [2.24, 2.45) is 11.3 Å². The number of carbonyl (C=O) groups is 1. The molecular formula is C17H22ClF3N2O. The van der Waals surface area contributed by atoms with Crippen LogP contribution in [0.1, 0.15) is 31.2 Å². The Morgan fingerprint density at radius 1 is 1.33 bits per heavy atom. The predicted octanol–water partition coefficient (Wildman–Crippen LogP) is 3.93. The molecule has 134 valence electrons. The second-order valence-corrected chi connectivity index (χ2v) is 6.68. The average molecular weight is 363 g/mol. The lowest BCUT2D eigenvalue weighted by Crippen LogP contribution is -2.44. The smallest absolute Gasteiger partial charge is 0.326 e. The summed E-state index contributed by atoms with van der Waals surface area (Å²) < 4.78 is 37.5. The molecule has 2 N–H and O–H groups in total. The normalized spacial score (nSPS) is 26.4. The largest absolute Gasteiger partial charge is 0.393 e. The lowest BCUT2D eigenvalue weighted by Gasteiger charge is -2.37.